The Bertz CT molecular complexity index is 653. The second kappa shape index (κ2) is 12.8. The zero-order chi connectivity index (χ0) is 18.6. The number of aliphatic hydroxyl groups excluding tert-OH is 1. The summed E-state index contributed by atoms with van der Waals surface area (Å²) in [5.41, 5.74) is 0. The average Bonchev–Trinajstić information content (AvgIpc) is 2.66. The minimum Gasteiger partial charge on any atom is -1.00 e. The van der Waals surface area contributed by atoms with Crippen molar-refractivity contribution < 1.29 is 41.6 Å². The third kappa shape index (κ3) is 9.69. The van der Waals surface area contributed by atoms with Gasteiger partial charge in [-0.05, 0) is 36.4 Å². The molecule has 148 valence electrons. The van der Waals surface area contributed by atoms with Gasteiger partial charge in [-0.3, -0.25) is 0 Å². The number of nitrogens with one attached hydrogen (secondary N) is 1. The summed E-state index contributed by atoms with van der Waals surface area (Å²) in [6.45, 7) is 1.25. The van der Waals surface area contributed by atoms with Crippen molar-refractivity contribution in [3.63, 3.8) is 0 Å². The van der Waals surface area contributed by atoms with Crippen molar-refractivity contribution in [2.24, 2.45) is 0 Å². The molecule has 0 saturated carbocycles. The van der Waals surface area contributed by atoms with Gasteiger partial charge in [-0.1, -0.05) is 18.2 Å². The number of rotatable bonds is 12. The summed E-state index contributed by atoms with van der Waals surface area (Å²) in [7, 11) is 0. The lowest BCUT2D eigenvalue weighted by atomic mass is 10.3. The molecule has 27 heavy (non-hydrogen) atoms. The number of aliphatic carboxylic acids is 1. The number of ether oxygens (including phenoxy) is 3. The van der Waals surface area contributed by atoms with Gasteiger partial charge < -0.3 is 42.1 Å². The lowest BCUT2D eigenvalue weighted by Gasteiger charge is -2.13. The number of para-hydroxylation sites is 1. The van der Waals surface area contributed by atoms with Gasteiger partial charge in [0.15, 0.2) is 6.61 Å². The lowest BCUT2D eigenvalue weighted by molar-refractivity contribution is -0.139. The molecule has 7 nitrogen and oxygen atoms in total. The standard InChI is InChI=1S/C19H23NO6.ClH/c21-15(13-25-16-4-2-1-3-5-16)12-20-10-11-24-17-6-8-18(9-7-17)26-14-19(22)23;/h1-9,15,20-21H,10-14H2,(H,22,23);1H/p-1/t15-;/m0./s1. The highest BCUT2D eigenvalue weighted by Gasteiger charge is 2.05. The van der Waals surface area contributed by atoms with Gasteiger partial charge in [-0.25, -0.2) is 4.79 Å². The van der Waals surface area contributed by atoms with Crippen molar-refractivity contribution in [3.8, 4) is 17.2 Å². The smallest absolute Gasteiger partial charge is 0.341 e. The van der Waals surface area contributed by atoms with E-state index in [1.54, 1.807) is 24.3 Å². The van der Waals surface area contributed by atoms with Crippen molar-refractivity contribution in [2.45, 2.75) is 6.10 Å². The van der Waals surface area contributed by atoms with Gasteiger partial charge in [0, 0.05) is 13.1 Å². The van der Waals surface area contributed by atoms with E-state index < -0.39 is 12.1 Å². The topological polar surface area (TPSA) is 97.3 Å². The summed E-state index contributed by atoms with van der Waals surface area (Å²) in [4.78, 5) is 10.4. The summed E-state index contributed by atoms with van der Waals surface area (Å²) in [5.74, 6) is 0.834. The highest BCUT2D eigenvalue weighted by molar-refractivity contribution is 5.68. The summed E-state index contributed by atoms with van der Waals surface area (Å²) < 4.78 is 16.1. The summed E-state index contributed by atoms with van der Waals surface area (Å²) in [6, 6.07) is 16.1. The van der Waals surface area contributed by atoms with Crippen molar-refractivity contribution >= 4 is 5.97 Å². The molecular formula is C19H23ClNO6-. The third-order valence-corrected chi connectivity index (χ3v) is 3.30. The number of hydrogen-bond donors (Lipinski definition) is 3. The van der Waals surface area contributed by atoms with Gasteiger partial charge in [-0.15, -0.1) is 0 Å². The molecule has 2 aromatic carbocycles. The van der Waals surface area contributed by atoms with E-state index in [9.17, 15) is 9.90 Å². The molecule has 0 unspecified atom stereocenters. The van der Waals surface area contributed by atoms with Crippen LogP contribution in [-0.2, 0) is 4.79 Å². The Morgan fingerprint density at radius 1 is 0.926 bits per heavy atom. The Balaban J connectivity index is 0.00000364. The molecule has 0 fully saturated rings. The van der Waals surface area contributed by atoms with Gasteiger partial charge in [0.05, 0.1) is 0 Å². The summed E-state index contributed by atoms with van der Waals surface area (Å²) in [5, 5.41) is 21.5. The molecule has 0 aromatic heterocycles. The highest BCUT2D eigenvalue weighted by Crippen LogP contribution is 2.17. The van der Waals surface area contributed by atoms with Crippen LogP contribution in [0.4, 0.5) is 0 Å². The number of hydrogen-bond acceptors (Lipinski definition) is 6. The SMILES string of the molecule is O=C(O)COc1ccc(OCCNC[C@H](O)COc2ccccc2)cc1.[Cl-]. The Hall–Kier alpha value is -2.48. The van der Waals surface area contributed by atoms with Crippen LogP contribution in [0.15, 0.2) is 54.6 Å². The number of benzene rings is 2. The van der Waals surface area contributed by atoms with Gasteiger partial charge in [0.1, 0.15) is 36.6 Å². The predicted octanol–water partition coefficient (Wildman–Crippen LogP) is -1.44. The number of carbonyl (C=O) groups is 1. The normalized spacial score (nSPS) is 11.1. The van der Waals surface area contributed by atoms with E-state index in [0.29, 0.717) is 31.2 Å². The zero-order valence-electron chi connectivity index (χ0n) is 14.7. The van der Waals surface area contributed by atoms with E-state index in [1.165, 1.54) is 0 Å². The van der Waals surface area contributed by atoms with Crippen LogP contribution in [0.25, 0.3) is 0 Å². The number of carboxylic acid groups (broad SMARTS) is 1. The molecule has 0 spiro atoms. The van der Waals surface area contributed by atoms with Crippen LogP contribution in [-0.4, -0.2) is 55.2 Å². The van der Waals surface area contributed by atoms with E-state index >= 15 is 0 Å². The van der Waals surface area contributed by atoms with Crippen LogP contribution in [0.2, 0.25) is 0 Å². The van der Waals surface area contributed by atoms with Crippen molar-refractivity contribution in [1.29, 1.82) is 0 Å². The zero-order valence-corrected chi connectivity index (χ0v) is 15.5. The monoisotopic (exact) mass is 396 g/mol. The minimum atomic E-state index is -1.02. The Kier molecular flexibility index (Phi) is 10.7. The second-order valence-electron chi connectivity index (χ2n) is 5.48. The largest absolute Gasteiger partial charge is 1.00 e. The molecule has 0 heterocycles. The van der Waals surface area contributed by atoms with E-state index in [1.807, 2.05) is 30.3 Å². The van der Waals surface area contributed by atoms with Crippen LogP contribution < -0.4 is 31.9 Å². The van der Waals surface area contributed by atoms with Gasteiger partial charge >= 0.3 is 5.97 Å². The van der Waals surface area contributed by atoms with E-state index in [4.69, 9.17) is 19.3 Å². The molecule has 0 saturated heterocycles. The average molecular weight is 397 g/mol. The van der Waals surface area contributed by atoms with E-state index in [0.717, 1.165) is 5.75 Å². The van der Waals surface area contributed by atoms with Gasteiger partial charge in [0.25, 0.3) is 0 Å². The molecule has 0 amide bonds. The van der Waals surface area contributed by atoms with Gasteiger partial charge in [-0.2, -0.15) is 0 Å². The molecule has 0 aliphatic rings. The molecule has 8 heteroatoms. The van der Waals surface area contributed by atoms with Crippen LogP contribution in [0.1, 0.15) is 0 Å². The van der Waals surface area contributed by atoms with Gasteiger partial charge in [0.2, 0.25) is 0 Å². The molecule has 2 rings (SSSR count). The van der Waals surface area contributed by atoms with Crippen LogP contribution >= 0.6 is 0 Å². The van der Waals surface area contributed by atoms with Crippen molar-refractivity contribution in [3.05, 3.63) is 54.6 Å². The fourth-order valence-corrected chi connectivity index (χ4v) is 2.05. The molecule has 0 aliphatic carbocycles. The van der Waals surface area contributed by atoms with Crippen LogP contribution in [0.5, 0.6) is 17.2 Å². The maximum atomic E-state index is 10.4. The molecule has 0 aliphatic heterocycles. The van der Waals surface area contributed by atoms with E-state index in [2.05, 4.69) is 5.32 Å². The molecule has 3 N–H and O–H groups in total. The summed E-state index contributed by atoms with van der Waals surface area (Å²) >= 11 is 0. The maximum Gasteiger partial charge on any atom is 0.341 e. The first kappa shape index (κ1) is 22.6. The van der Waals surface area contributed by atoms with Crippen LogP contribution in [0.3, 0.4) is 0 Å². The van der Waals surface area contributed by atoms with E-state index in [-0.39, 0.29) is 25.6 Å². The molecule has 0 bridgehead atoms. The quantitative estimate of drug-likeness (QED) is 0.378. The molecular weight excluding hydrogens is 374 g/mol. The number of halogens is 1. The number of aliphatic hydroxyl groups is 1. The first-order valence-corrected chi connectivity index (χ1v) is 8.27. The lowest BCUT2D eigenvalue weighted by Crippen LogP contribution is -3.00. The Morgan fingerprint density at radius 2 is 1.52 bits per heavy atom. The summed E-state index contributed by atoms with van der Waals surface area (Å²) in [6.07, 6.45) is -0.610. The second-order valence-corrected chi connectivity index (χ2v) is 5.48. The van der Waals surface area contributed by atoms with Crippen molar-refractivity contribution in [1.82, 2.24) is 5.32 Å². The fourth-order valence-electron chi connectivity index (χ4n) is 2.05. The third-order valence-electron chi connectivity index (χ3n) is 3.30. The molecule has 2 aromatic rings. The predicted molar refractivity (Wildman–Crippen MR) is 95.9 cm³/mol. The minimum absolute atomic E-state index is 0. The maximum absolute atomic E-state index is 10.4. The number of carboxylic acids is 1. The Labute approximate surface area is 164 Å². The first-order valence-electron chi connectivity index (χ1n) is 8.27. The first-order chi connectivity index (χ1) is 12.6. The fraction of sp³-hybridized carbons (Fsp3) is 0.316. The molecule has 1 atom stereocenters. The molecule has 0 radical (unpaired) electrons. The Morgan fingerprint density at radius 3 is 2.15 bits per heavy atom. The highest BCUT2D eigenvalue weighted by atomic mass is 35.5. The van der Waals surface area contributed by atoms with Crippen molar-refractivity contribution in [2.75, 3.05) is 32.9 Å². The van der Waals surface area contributed by atoms with Crippen LogP contribution in [0, 0.1) is 0 Å².